The van der Waals surface area contributed by atoms with E-state index in [0.717, 1.165) is 24.0 Å². The zero-order valence-corrected chi connectivity index (χ0v) is 13.2. The van der Waals surface area contributed by atoms with E-state index in [1.807, 2.05) is 5.32 Å². The van der Waals surface area contributed by atoms with E-state index >= 15 is 0 Å². The van der Waals surface area contributed by atoms with Gasteiger partial charge in [-0.1, -0.05) is 0 Å². The van der Waals surface area contributed by atoms with Crippen molar-refractivity contribution in [1.82, 2.24) is 9.96 Å². The summed E-state index contributed by atoms with van der Waals surface area (Å²) in [5.41, 5.74) is -0.601. The Labute approximate surface area is 152 Å². The lowest BCUT2D eigenvalue weighted by Crippen LogP contribution is -2.52. The second-order valence-electron chi connectivity index (χ2n) is 5.54. The summed E-state index contributed by atoms with van der Waals surface area (Å²) in [6, 6.07) is 3.03. The van der Waals surface area contributed by atoms with Gasteiger partial charge in [-0.25, -0.2) is 9.18 Å². The van der Waals surface area contributed by atoms with Gasteiger partial charge in [-0.05, 0) is 6.07 Å². The molecule has 0 radical (unpaired) electrons. The van der Waals surface area contributed by atoms with Crippen LogP contribution in [0.25, 0.3) is 0 Å². The lowest BCUT2D eigenvalue weighted by molar-refractivity contribution is -0.119. The lowest BCUT2D eigenvalue weighted by Gasteiger charge is -2.44. The molecule has 0 aromatic heterocycles. The maximum absolute atomic E-state index is 14.9. The first-order chi connectivity index (χ1) is 14.0. The number of hydrogen-bond donors (Lipinski definition) is 1. The lowest BCUT2D eigenvalue weighted by atomic mass is 10.2. The zero-order chi connectivity index (χ0) is 23.4. The fraction of sp³-hybridized carbons (Fsp3) is 0.500. The molecule has 2 saturated heterocycles. The van der Waals surface area contributed by atoms with Crippen LogP contribution >= 0.6 is 0 Å². The number of ether oxygens (including phenoxy) is 2. The molecule has 2 aliphatic heterocycles. The number of halogens is 1. The number of rotatable bonds is 4. The number of hydroxylamine groups is 2. The molecule has 2 heterocycles. The van der Waals surface area contributed by atoms with E-state index in [-0.39, 0.29) is 12.2 Å². The number of quaternary nitrogens is 1. The van der Waals surface area contributed by atoms with Gasteiger partial charge in [0.25, 0.3) is 0 Å². The van der Waals surface area contributed by atoms with Gasteiger partial charge in [0, 0.05) is 19.1 Å². The summed E-state index contributed by atoms with van der Waals surface area (Å²) in [5, 5.41) is 15.1. The number of anilines is 1. The predicted molar refractivity (Wildman–Crippen MR) is 88.4 cm³/mol. The van der Waals surface area contributed by atoms with Gasteiger partial charge in [0.15, 0.2) is 11.5 Å². The van der Waals surface area contributed by atoms with Crippen molar-refractivity contribution in [3.05, 3.63) is 29.2 Å². The van der Waals surface area contributed by atoms with E-state index in [4.69, 9.17) is 13.0 Å². The van der Waals surface area contributed by atoms with Crippen molar-refractivity contribution in [2.24, 2.45) is 0 Å². The number of morpholine rings is 1. The fourth-order valence-corrected chi connectivity index (χ4v) is 2.48. The van der Waals surface area contributed by atoms with Crippen molar-refractivity contribution in [2.75, 3.05) is 44.1 Å². The molecule has 2 amide bonds. The summed E-state index contributed by atoms with van der Waals surface area (Å²) >= 11 is 0. The minimum atomic E-state index is -2.63. The number of amides is 2. The number of nitrogens with one attached hydrogen (secondary N) is 1. The van der Waals surface area contributed by atoms with Crippen molar-refractivity contribution in [3.8, 4) is 0 Å². The molecule has 0 bridgehead atoms. The second kappa shape index (κ2) is 6.95. The quantitative estimate of drug-likeness (QED) is 0.643. The molecule has 8 nitrogen and oxygen atoms in total. The Morgan fingerprint density at radius 3 is 2.92 bits per heavy atom. The molecule has 1 N–H and O–H groups in total. The van der Waals surface area contributed by atoms with Crippen LogP contribution in [0.4, 0.5) is 20.6 Å². The Bertz CT molecular complexity index is 902. The van der Waals surface area contributed by atoms with E-state index in [9.17, 15) is 19.2 Å². The highest BCUT2D eigenvalue weighted by molar-refractivity contribution is 5.90. The van der Waals surface area contributed by atoms with Crippen LogP contribution in [0, 0.1) is 11.0 Å². The van der Waals surface area contributed by atoms with Gasteiger partial charge in [0.05, 0.1) is 40.1 Å². The molecule has 9 heteroatoms. The highest BCUT2D eigenvalue weighted by atomic mass is 19.1. The van der Waals surface area contributed by atoms with Crippen molar-refractivity contribution >= 4 is 23.4 Å². The van der Waals surface area contributed by atoms with Crippen molar-refractivity contribution in [3.63, 3.8) is 0 Å². The SMILES string of the molecule is [2H]C1([2H])C[N+]([O-])(c2ccc(N3C[C@H](C([2H])([2H])NC(C)=O)OC3=O)cc2F)CC([2H])([2H])O1. The summed E-state index contributed by atoms with van der Waals surface area (Å²) in [6.07, 6.45) is -2.36. The highest BCUT2D eigenvalue weighted by Gasteiger charge is 2.34. The van der Waals surface area contributed by atoms with Crippen LogP contribution in [0.1, 0.15) is 15.1 Å². The highest BCUT2D eigenvalue weighted by Crippen LogP contribution is 2.31. The van der Waals surface area contributed by atoms with E-state index in [2.05, 4.69) is 4.74 Å². The minimum absolute atomic E-state index is 0.0572. The summed E-state index contributed by atoms with van der Waals surface area (Å²) in [7, 11) is 0. The average molecular weight is 359 g/mol. The molecular formula is C16H20FN3O5. The van der Waals surface area contributed by atoms with Gasteiger partial charge in [0.2, 0.25) is 5.91 Å². The van der Waals surface area contributed by atoms with Crippen molar-refractivity contribution in [2.45, 2.75) is 13.0 Å². The molecule has 0 unspecified atom stereocenters. The summed E-state index contributed by atoms with van der Waals surface area (Å²) in [6.45, 7) is -8.64. The van der Waals surface area contributed by atoms with Crippen molar-refractivity contribution in [1.29, 1.82) is 0 Å². The van der Waals surface area contributed by atoms with Crippen LogP contribution in [0.15, 0.2) is 18.2 Å². The Morgan fingerprint density at radius 1 is 1.56 bits per heavy atom. The summed E-state index contributed by atoms with van der Waals surface area (Å²) in [5.74, 6) is -1.79. The smallest absolute Gasteiger partial charge is 0.414 e. The van der Waals surface area contributed by atoms with Crippen LogP contribution in [0.3, 0.4) is 0 Å². The number of carbonyl (C=O) groups excluding carboxylic acids is 2. The Kier molecular flexibility index (Phi) is 3.17. The van der Waals surface area contributed by atoms with Gasteiger partial charge in [-0.3, -0.25) is 9.69 Å². The second-order valence-corrected chi connectivity index (χ2v) is 5.54. The predicted octanol–water partition coefficient (Wildman–Crippen LogP) is 1.12. The van der Waals surface area contributed by atoms with Crippen molar-refractivity contribution < 1.29 is 31.7 Å². The Morgan fingerprint density at radius 2 is 2.28 bits per heavy atom. The first-order valence-electron chi connectivity index (χ1n) is 10.4. The molecule has 3 rings (SSSR count). The monoisotopic (exact) mass is 359 g/mol. The molecule has 0 saturated carbocycles. The molecule has 1 aromatic carbocycles. The molecule has 2 fully saturated rings. The number of hydrogen-bond acceptors (Lipinski definition) is 5. The van der Waals surface area contributed by atoms with E-state index in [1.165, 1.54) is 6.07 Å². The first-order valence-corrected chi connectivity index (χ1v) is 7.39. The average Bonchev–Trinajstić information content (AvgIpc) is 2.92. The third-order valence-corrected chi connectivity index (χ3v) is 3.69. The minimum Gasteiger partial charge on any atom is -0.627 e. The van der Waals surface area contributed by atoms with E-state index in [0.29, 0.717) is 0 Å². The van der Waals surface area contributed by atoms with Gasteiger partial charge < -0.3 is 24.6 Å². The van der Waals surface area contributed by atoms with Gasteiger partial charge in [0.1, 0.15) is 19.2 Å². The molecule has 136 valence electrons. The molecule has 0 spiro atoms. The topological polar surface area (TPSA) is 90.9 Å². The maximum atomic E-state index is 14.9. The Balaban J connectivity index is 1.86. The number of carbonyl (C=O) groups is 2. The van der Waals surface area contributed by atoms with Crippen LogP contribution in [-0.4, -0.2) is 57.4 Å². The molecule has 1 aromatic rings. The van der Waals surface area contributed by atoms with Crippen LogP contribution < -0.4 is 14.9 Å². The van der Waals surface area contributed by atoms with Gasteiger partial charge >= 0.3 is 6.09 Å². The maximum Gasteiger partial charge on any atom is 0.414 e. The number of benzene rings is 1. The number of cyclic esters (lactones) is 1. The molecule has 0 aliphatic carbocycles. The largest absolute Gasteiger partial charge is 0.627 e. The van der Waals surface area contributed by atoms with Gasteiger partial charge in [-0.15, -0.1) is 0 Å². The molecule has 2 aliphatic rings. The van der Waals surface area contributed by atoms with Gasteiger partial charge in [-0.2, -0.15) is 0 Å². The summed E-state index contributed by atoms with van der Waals surface area (Å²) in [4.78, 5) is 24.2. The number of nitrogens with zero attached hydrogens (tertiary/aromatic N) is 2. The molecular weight excluding hydrogens is 333 g/mol. The third kappa shape index (κ3) is 3.73. The van der Waals surface area contributed by atoms with Crippen LogP contribution in [-0.2, 0) is 14.3 Å². The summed E-state index contributed by atoms with van der Waals surface area (Å²) < 4.78 is 68.9. The standard InChI is InChI=1S/C16H20FN3O5/c1-11(21)18-9-13-10-19(16(22)25-13)12-2-3-15(14(17)8-12)20(23)4-6-24-7-5-20/h2-3,8,13H,4-7,9-10H2,1H3,(H,18,21)/t13-/m0/s1/i6D2,7D2,9D2. The normalized spacial score (nSPS) is 30.8. The Hall–Kier alpha value is -2.23. The third-order valence-electron chi connectivity index (χ3n) is 3.69. The fourth-order valence-electron chi connectivity index (χ4n) is 2.48. The van der Waals surface area contributed by atoms with E-state index in [1.54, 1.807) is 0 Å². The molecule has 25 heavy (non-hydrogen) atoms. The first kappa shape index (κ1) is 11.4. The zero-order valence-electron chi connectivity index (χ0n) is 19.2. The van der Waals surface area contributed by atoms with E-state index < -0.39 is 67.0 Å². The molecule has 1 atom stereocenters. The van der Waals surface area contributed by atoms with Crippen LogP contribution in [0.5, 0.6) is 0 Å². The van der Waals surface area contributed by atoms with Crippen LogP contribution in [0.2, 0.25) is 0 Å².